The molecule has 5 aliphatic carbocycles. The molecule has 0 bridgehead atoms. The monoisotopic (exact) mass is 1210 g/mol. The van der Waals surface area contributed by atoms with Crippen LogP contribution in [0.2, 0.25) is 0 Å². The van der Waals surface area contributed by atoms with E-state index in [0.717, 1.165) is 5.57 Å². The maximum absolute atomic E-state index is 15.5. The summed E-state index contributed by atoms with van der Waals surface area (Å²) in [5.41, 5.74) is -6.18. The van der Waals surface area contributed by atoms with Gasteiger partial charge in [-0.25, -0.2) is 0 Å². The number of hydrogen-bond acceptors (Lipinski definition) is 26. The second-order valence-electron chi connectivity index (χ2n) is 27.8. The van der Waals surface area contributed by atoms with E-state index in [9.17, 15) is 81.4 Å². The number of rotatable bonds is 13. The summed E-state index contributed by atoms with van der Waals surface area (Å²) in [5, 5.41) is 163. The molecule has 0 aromatic heterocycles. The smallest absolute Gasteiger partial charge is 0.315 e. The highest BCUT2D eigenvalue weighted by Gasteiger charge is 2.73. The van der Waals surface area contributed by atoms with E-state index in [4.69, 9.17) is 47.4 Å². The first-order valence-corrected chi connectivity index (χ1v) is 29.6. The Hall–Kier alpha value is -2.24. The molecule has 15 N–H and O–H groups in total. The Morgan fingerprint density at radius 3 is 1.89 bits per heavy atom. The van der Waals surface area contributed by atoms with Gasteiger partial charge < -0.3 is 124 Å². The summed E-state index contributed by atoms with van der Waals surface area (Å²) in [6, 6.07) is 0. The summed E-state index contributed by atoms with van der Waals surface area (Å²) in [5.74, 6) is -3.06. The third-order valence-corrected chi connectivity index (χ3v) is 22.5. The van der Waals surface area contributed by atoms with E-state index in [-0.39, 0.29) is 17.8 Å². The number of esters is 1. The van der Waals surface area contributed by atoms with Crippen LogP contribution < -0.4 is 0 Å². The molecule has 10 rings (SSSR count). The van der Waals surface area contributed by atoms with Crippen LogP contribution in [0.1, 0.15) is 106 Å². The first kappa shape index (κ1) is 64.7. The zero-order chi connectivity index (χ0) is 61.3. The largest absolute Gasteiger partial charge is 0.481 e. The zero-order valence-electron chi connectivity index (χ0n) is 48.5. The van der Waals surface area contributed by atoms with E-state index in [1.165, 1.54) is 13.8 Å². The fraction of sp³-hybridized carbons (Fsp3) is 0.930. The third-order valence-electron chi connectivity index (χ3n) is 22.5. The van der Waals surface area contributed by atoms with Crippen molar-refractivity contribution < 1.29 is 134 Å². The molecular weight excluding hydrogens is 1120 g/mol. The van der Waals surface area contributed by atoms with Crippen LogP contribution in [0, 0.1) is 50.2 Å². The number of carbonyl (C=O) groups excluding carboxylic acids is 1. The first-order chi connectivity index (χ1) is 39.3. The van der Waals surface area contributed by atoms with Crippen molar-refractivity contribution in [3.05, 3.63) is 11.6 Å². The first-order valence-electron chi connectivity index (χ1n) is 29.6. The van der Waals surface area contributed by atoms with Crippen LogP contribution in [0.5, 0.6) is 0 Å². The van der Waals surface area contributed by atoms with Crippen molar-refractivity contribution in [3.8, 4) is 0 Å². The van der Waals surface area contributed by atoms with Gasteiger partial charge in [0.2, 0.25) is 6.29 Å². The molecule has 0 amide bonds. The summed E-state index contributed by atoms with van der Waals surface area (Å²) in [7, 11) is 0. The van der Waals surface area contributed by atoms with Gasteiger partial charge in [-0.2, -0.15) is 0 Å². The molecule has 10 aliphatic rings. The van der Waals surface area contributed by atoms with Crippen LogP contribution in [0.3, 0.4) is 0 Å². The number of aliphatic hydroxyl groups is 14. The molecular formula is C57H90O27. The average molecular weight is 1210 g/mol. The maximum Gasteiger partial charge on any atom is 0.315 e. The predicted molar refractivity (Wildman–Crippen MR) is 279 cm³/mol. The van der Waals surface area contributed by atoms with Gasteiger partial charge in [0.25, 0.3) is 0 Å². The van der Waals surface area contributed by atoms with Crippen molar-refractivity contribution in [2.75, 3.05) is 33.0 Å². The number of carboxylic acid groups (broad SMARTS) is 1. The van der Waals surface area contributed by atoms with Crippen LogP contribution in [0.25, 0.3) is 0 Å². The Kier molecular flexibility index (Phi) is 17.9. The molecule has 0 radical (unpaired) electrons. The zero-order valence-corrected chi connectivity index (χ0v) is 48.5. The maximum atomic E-state index is 15.5. The van der Waals surface area contributed by atoms with Gasteiger partial charge in [0, 0.05) is 0 Å². The number of aliphatic hydroxyl groups excluding tert-OH is 13. The molecule has 9 fully saturated rings. The second-order valence-corrected chi connectivity index (χ2v) is 27.8. The van der Waals surface area contributed by atoms with E-state index in [2.05, 4.69) is 33.8 Å². The van der Waals surface area contributed by atoms with Crippen LogP contribution >= 0.6 is 0 Å². The van der Waals surface area contributed by atoms with Crippen molar-refractivity contribution in [2.45, 2.75) is 247 Å². The Morgan fingerprint density at radius 1 is 0.619 bits per heavy atom. The quantitative estimate of drug-likeness (QED) is 0.0490. The predicted octanol–water partition coefficient (Wildman–Crippen LogP) is -3.23. The highest BCUT2D eigenvalue weighted by Crippen LogP contribution is 2.76. The SMILES string of the molecule is CC1OC(OC2C(OC(=O)C34CCC(C)(C)CC3C3=CCC5C6(C)CC(O)C(OC7OC(CO)C(O)C(O)C7O)C(C)(C(=O)O)C6CCC5(C)C3(C)CC4)OCC(O)C2O)C(O)C(OC2OCC(O)(CO)C2O)C1OC1OCC(O)C(O)C1O. The second kappa shape index (κ2) is 23.2. The van der Waals surface area contributed by atoms with Gasteiger partial charge in [-0.3, -0.25) is 9.59 Å². The number of aliphatic carboxylic acids is 1. The van der Waals surface area contributed by atoms with Crippen molar-refractivity contribution >= 4 is 11.9 Å². The summed E-state index contributed by atoms with van der Waals surface area (Å²) in [6.07, 6.45) is -30.2. The lowest BCUT2D eigenvalue weighted by Gasteiger charge is -2.71. The van der Waals surface area contributed by atoms with Crippen LogP contribution in [0.15, 0.2) is 11.6 Å². The molecule has 0 aromatic carbocycles. The number of carbonyl (C=O) groups is 2. The molecule has 31 atom stereocenters. The molecule has 31 unspecified atom stereocenters. The molecule has 480 valence electrons. The van der Waals surface area contributed by atoms with Crippen LogP contribution in [-0.2, 0) is 57.0 Å². The molecule has 5 saturated heterocycles. The number of fused-ring (bicyclic) bond motifs is 7. The minimum atomic E-state index is -2.17. The fourth-order valence-corrected chi connectivity index (χ4v) is 17.2. The number of ether oxygens (including phenoxy) is 10. The summed E-state index contributed by atoms with van der Waals surface area (Å²) in [4.78, 5) is 29.3. The lowest BCUT2D eigenvalue weighted by atomic mass is 9.33. The highest BCUT2D eigenvalue weighted by atomic mass is 16.8. The van der Waals surface area contributed by atoms with Gasteiger partial charge in [-0.05, 0) is 111 Å². The van der Waals surface area contributed by atoms with Gasteiger partial charge in [0.05, 0.1) is 56.1 Å². The molecule has 0 aromatic rings. The Bertz CT molecular complexity index is 2420. The van der Waals surface area contributed by atoms with Crippen LogP contribution in [-0.4, -0.2) is 262 Å². The molecule has 4 saturated carbocycles. The average Bonchev–Trinajstić information content (AvgIpc) is 0.740. The number of hydrogen-bond donors (Lipinski definition) is 15. The van der Waals surface area contributed by atoms with Gasteiger partial charge in [0.15, 0.2) is 31.3 Å². The van der Waals surface area contributed by atoms with Crippen LogP contribution in [0.4, 0.5) is 0 Å². The third kappa shape index (κ3) is 10.3. The Morgan fingerprint density at radius 2 is 1.24 bits per heavy atom. The van der Waals surface area contributed by atoms with Gasteiger partial charge in [-0.15, -0.1) is 0 Å². The van der Waals surface area contributed by atoms with Crippen molar-refractivity contribution in [3.63, 3.8) is 0 Å². The summed E-state index contributed by atoms with van der Waals surface area (Å²) < 4.78 is 59.7. The fourth-order valence-electron chi connectivity index (χ4n) is 17.2. The molecule has 27 heteroatoms. The number of carboxylic acids is 1. The summed E-state index contributed by atoms with van der Waals surface area (Å²) >= 11 is 0. The number of allylic oxidation sites excluding steroid dienone is 2. The van der Waals surface area contributed by atoms with Gasteiger partial charge in [0.1, 0.15) is 91.1 Å². The van der Waals surface area contributed by atoms with Crippen molar-refractivity contribution in [1.82, 2.24) is 0 Å². The van der Waals surface area contributed by atoms with E-state index in [1.807, 2.05) is 6.92 Å². The molecule has 0 spiro atoms. The Labute approximate surface area is 486 Å². The van der Waals surface area contributed by atoms with E-state index < -0.39 is 225 Å². The standard InChI is InChI=1S/C57H90O27/c1-23-39(80-44-36(67)32(63)27(61)19-75-44)40(81-48-42(70)57(74,21-59)22-77-48)38(69)46(78-23)82-41-33(64)28(62)20-76-47(41)84-50(73)56-14-12-51(2,3)16-25(56)24-8-9-30-52(4)17-26(60)43(83-45-37(68)35(66)34(65)29(18-58)79-45)55(7,49(71)72)31(52)10-11-54(30,6)53(24,5)13-15-56/h8,23,25-48,58-70,74H,9-22H2,1-7H3,(H,71,72). The molecule has 27 nitrogen and oxygen atoms in total. The molecule has 5 heterocycles. The molecule has 5 aliphatic heterocycles. The summed E-state index contributed by atoms with van der Waals surface area (Å²) in [6.45, 7) is 10.5. The topological polar surface area (TPSA) is 430 Å². The Balaban J connectivity index is 0.906. The van der Waals surface area contributed by atoms with E-state index in [0.29, 0.717) is 51.4 Å². The minimum absolute atomic E-state index is 0.104. The lowest BCUT2D eigenvalue weighted by molar-refractivity contribution is -0.381. The van der Waals surface area contributed by atoms with Gasteiger partial charge >= 0.3 is 11.9 Å². The van der Waals surface area contributed by atoms with Crippen molar-refractivity contribution in [1.29, 1.82) is 0 Å². The van der Waals surface area contributed by atoms with E-state index in [1.54, 1.807) is 0 Å². The minimum Gasteiger partial charge on any atom is -0.481 e. The lowest BCUT2D eigenvalue weighted by Crippen LogP contribution is -2.70. The van der Waals surface area contributed by atoms with Gasteiger partial charge in [-0.1, -0.05) is 46.3 Å². The highest BCUT2D eigenvalue weighted by molar-refractivity contribution is 5.79. The van der Waals surface area contributed by atoms with Crippen molar-refractivity contribution in [2.24, 2.45) is 50.2 Å². The van der Waals surface area contributed by atoms with E-state index >= 15 is 4.79 Å². The normalized spacial score (nSPS) is 54.7. The molecule has 84 heavy (non-hydrogen) atoms.